The van der Waals surface area contributed by atoms with Gasteiger partial charge >= 0.3 is 21.7 Å². The van der Waals surface area contributed by atoms with Crippen LogP contribution in [0, 0.1) is 47.6 Å². The monoisotopic (exact) mass is 1050 g/mol. The first kappa shape index (κ1) is 62.2. The number of hydrogen-bond donors (Lipinski definition) is 0. The van der Waals surface area contributed by atoms with Crippen LogP contribution in [0.1, 0.15) is 61.1 Å². The second kappa shape index (κ2) is 19.7. The van der Waals surface area contributed by atoms with Crippen molar-refractivity contribution in [3.05, 3.63) is 74.4 Å². The van der Waals surface area contributed by atoms with Crippen LogP contribution in [0.5, 0.6) is 0 Å². The van der Waals surface area contributed by atoms with E-state index in [0.717, 1.165) is 0 Å². The zero-order valence-electron chi connectivity index (χ0n) is 44.9. The summed E-state index contributed by atoms with van der Waals surface area (Å²) in [5.41, 5.74) is 13.7. The average Bonchev–Trinajstić information content (AvgIpc) is 3.17. The van der Waals surface area contributed by atoms with Crippen LogP contribution in [0.3, 0.4) is 0 Å². The van der Waals surface area contributed by atoms with E-state index in [1.807, 2.05) is 15.6 Å². The Morgan fingerprint density at radius 3 is 0.694 bits per heavy atom. The quantitative estimate of drug-likeness (QED) is 0.163. The van der Waals surface area contributed by atoms with Gasteiger partial charge in [-0.2, -0.15) is 11.1 Å². The van der Waals surface area contributed by atoms with E-state index < -0.39 is 56.5 Å². The Hall–Kier alpha value is 0.242. The number of rotatable bonds is 10. The number of hydrogen-bond acceptors (Lipinski definition) is 0. The number of aryl methyl sites for hydroxylation is 6. The molecule has 0 aromatic heterocycles. The molecule has 0 bridgehead atoms. The van der Waals surface area contributed by atoms with Crippen molar-refractivity contribution < 1.29 is 58.9 Å². The summed E-state index contributed by atoms with van der Waals surface area (Å²) in [5, 5.41) is 15.8. The summed E-state index contributed by atoms with van der Waals surface area (Å²) < 4.78 is 0. The predicted molar refractivity (Wildman–Crippen MR) is 289 cm³/mol. The van der Waals surface area contributed by atoms with Crippen LogP contribution in [0.25, 0.3) is 0 Å². The van der Waals surface area contributed by atoms with Crippen LogP contribution in [-0.2, 0) is 21.7 Å². The van der Waals surface area contributed by atoms with Crippen LogP contribution in [-0.4, -0.2) is 56.5 Å². The normalized spacial score (nSPS) is 16.6. The van der Waals surface area contributed by atoms with Gasteiger partial charge in [0.15, 0.2) is 0 Å². The van der Waals surface area contributed by atoms with Crippen molar-refractivity contribution in [1.29, 1.82) is 0 Å². The van der Waals surface area contributed by atoms with Gasteiger partial charge in [0, 0.05) is 0 Å². The van der Waals surface area contributed by atoms with Crippen LogP contribution >= 0.6 is 0 Å². The molecule has 3 aromatic rings. The van der Waals surface area contributed by atoms with Crippen molar-refractivity contribution in [2.24, 2.45) is 0 Å². The molecule has 0 saturated carbocycles. The first-order valence-electron chi connectivity index (χ1n) is 22.5. The predicted octanol–water partition coefficient (Wildman–Crippen LogP) is 1.15. The molecule has 0 fully saturated rings. The molecule has 0 saturated heterocycles. The molecule has 1 atom stereocenters. The molecule has 0 spiro atoms. The number of allylic oxidation sites excluding steroid dienone is 4. The molecule has 4 rings (SSSR count). The molecular formula is C51H87Cl3Si7Ti. The van der Waals surface area contributed by atoms with Crippen LogP contribution < -0.4 is 83.9 Å². The van der Waals surface area contributed by atoms with E-state index in [-0.39, 0.29) is 64.0 Å². The second-order valence-corrected chi connectivity index (χ2v) is 59.3. The van der Waals surface area contributed by atoms with E-state index >= 15 is 0 Å². The van der Waals surface area contributed by atoms with E-state index in [0.29, 0.717) is 0 Å². The second-order valence-electron chi connectivity index (χ2n) is 25.3. The fourth-order valence-electron chi connectivity index (χ4n) is 12.3. The van der Waals surface area contributed by atoms with Crippen molar-refractivity contribution >= 4 is 103 Å². The van der Waals surface area contributed by atoms with Gasteiger partial charge in [0.05, 0.1) is 48.4 Å². The molecule has 0 amide bonds. The molecule has 0 radical (unpaired) electrons. The van der Waals surface area contributed by atoms with Crippen molar-refractivity contribution in [1.82, 2.24) is 0 Å². The minimum Gasteiger partial charge on any atom is -1.00 e. The van der Waals surface area contributed by atoms with E-state index in [9.17, 15) is 0 Å². The maximum absolute atomic E-state index is 4.59. The van der Waals surface area contributed by atoms with E-state index in [1.165, 1.54) is 11.1 Å². The van der Waals surface area contributed by atoms with Crippen molar-refractivity contribution in [3.63, 3.8) is 0 Å². The Labute approximate surface area is 424 Å². The molecule has 0 heterocycles. The molecule has 0 aliphatic heterocycles. The van der Waals surface area contributed by atoms with E-state index in [2.05, 4.69) is 211 Å². The van der Waals surface area contributed by atoms with Gasteiger partial charge in [-0.3, -0.25) is 6.08 Å². The summed E-state index contributed by atoms with van der Waals surface area (Å²) in [6, 6.07) is 8.09. The van der Waals surface area contributed by atoms with E-state index in [1.54, 1.807) is 70.1 Å². The van der Waals surface area contributed by atoms with Gasteiger partial charge in [-0.25, -0.2) is 5.57 Å². The van der Waals surface area contributed by atoms with Gasteiger partial charge in [0.1, 0.15) is 8.07 Å². The molecule has 11 heteroatoms. The van der Waals surface area contributed by atoms with E-state index in [4.69, 9.17) is 0 Å². The summed E-state index contributed by atoms with van der Waals surface area (Å²) in [4.78, 5) is 0. The van der Waals surface area contributed by atoms with Gasteiger partial charge in [-0.15, -0.1) is 6.92 Å². The minimum atomic E-state index is -3.28. The summed E-state index contributed by atoms with van der Waals surface area (Å²) in [5.74, 6) is 0. The van der Waals surface area contributed by atoms with Gasteiger partial charge < -0.3 is 37.2 Å². The first-order chi connectivity index (χ1) is 25.7. The molecule has 0 N–H and O–H groups in total. The molecule has 62 heavy (non-hydrogen) atoms. The smallest absolute Gasteiger partial charge is 1.00 e. The topological polar surface area (TPSA) is 0 Å². The number of benzene rings is 3. The maximum atomic E-state index is 4.59. The molecule has 1 unspecified atom stereocenters. The Balaban J connectivity index is 0.00000930. The molecule has 1 aliphatic rings. The third-order valence-corrected chi connectivity index (χ3v) is 34.0. The first-order valence-corrected chi connectivity index (χ1v) is 45.5. The Bertz CT molecular complexity index is 2040. The summed E-state index contributed by atoms with van der Waals surface area (Å²) in [6.07, 6.45) is 4.59. The Morgan fingerprint density at radius 2 is 0.532 bits per heavy atom. The van der Waals surface area contributed by atoms with Crippen molar-refractivity contribution in [2.45, 2.75) is 192 Å². The largest absolute Gasteiger partial charge is 4.00 e. The Kier molecular flexibility index (Phi) is 19.8. The van der Waals surface area contributed by atoms with Crippen LogP contribution in [0.4, 0.5) is 0 Å². The maximum Gasteiger partial charge on any atom is 4.00 e. The molecule has 1 aliphatic carbocycles. The zero-order valence-corrected chi connectivity index (χ0v) is 55.7. The van der Waals surface area contributed by atoms with Gasteiger partial charge in [0.25, 0.3) is 0 Å². The van der Waals surface area contributed by atoms with Gasteiger partial charge in [0.2, 0.25) is 0 Å². The third kappa shape index (κ3) is 10.4. The summed E-state index contributed by atoms with van der Waals surface area (Å²) in [7, 11) is -14.9. The fraction of sp³-hybridized carbons (Fsp3) is 0.569. The van der Waals surface area contributed by atoms with Gasteiger partial charge in [-0.05, 0) is 57.1 Å². The standard InChI is InChI=1S/C51H87Si7.3ClH.Ti/c1-33-29-36(4)45(48(55(20,21)22)42(33)52(11,12)13)58(51(10)32-39(7)40(8)41(51)9,46-37(5)30-34(2)43(53(14,15)16)49(46)56(23,24)25)47-38(6)31-35(3)44(54(17,18)19)50(47)57(26,27)28;;;;/h29-31H,1-28H3;3*1H;/q-1;;;;+4/p-3. The third-order valence-electron chi connectivity index (χ3n) is 13.9. The molecule has 0 nitrogen and oxygen atoms in total. The number of halogens is 3. The van der Waals surface area contributed by atoms with Crippen LogP contribution in [0.15, 0.2) is 34.9 Å². The van der Waals surface area contributed by atoms with Crippen LogP contribution in [0.2, 0.25) is 123 Å². The van der Waals surface area contributed by atoms with Gasteiger partial charge in [-0.1, -0.05) is 226 Å². The summed E-state index contributed by atoms with van der Waals surface area (Å²) >= 11 is 0. The Morgan fingerprint density at radius 1 is 0.339 bits per heavy atom. The van der Waals surface area contributed by atoms with Crippen molar-refractivity contribution in [2.75, 3.05) is 0 Å². The SMILES string of the molecule is CC1=[C-]C(C)([Si](c2c(C)cc(C)c([Si](C)(C)C)c2[Si](C)(C)C)(c2c(C)cc(C)c([Si](C)(C)C)c2[Si](C)(C)C)c2c(C)cc(C)c([Si](C)(C)C)c2[Si](C)(C)C)C(C)=C1C.[Cl-].[Cl-].[Cl-].[Ti+4]. The average molecular weight is 1050 g/mol. The minimum absolute atomic E-state index is 0. The zero-order chi connectivity index (χ0) is 45.2. The fourth-order valence-corrected chi connectivity index (χ4v) is 43.4. The summed E-state index contributed by atoms with van der Waals surface area (Å²) in [6.45, 7) is 73.3. The molecule has 344 valence electrons. The van der Waals surface area contributed by atoms with Crippen molar-refractivity contribution in [3.8, 4) is 0 Å². The molecular weight excluding hydrogens is 963 g/mol. The molecule has 3 aromatic carbocycles.